The molecule has 0 saturated carbocycles. The first-order valence-corrected chi connectivity index (χ1v) is 5.86. The van der Waals surface area contributed by atoms with Gasteiger partial charge in [-0.05, 0) is 30.4 Å². The van der Waals surface area contributed by atoms with Gasteiger partial charge < -0.3 is 10.1 Å². The lowest BCUT2D eigenvalue weighted by atomic mass is 9.85. The van der Waals surface area contributed by atoms with Crippen LogP contribution in [0, 0.1) is 0 Å². The van der Waals surface area contributed by atoms with Crippen molar-refractivity contribution in [2.24, 2.45) is 0 Å². The van der Waals surface area contributed by atoms with E-state index in [1.807, 2.05) is 18.2 Å². The molecule has 0 radical (unpaired) electrons. The molecule has 1 atom stereocenters. The van der Waals surface area contributed by atoms with Crippen LogP contribution >= 0.6 is 0 Å². The van der Waals surface area contributed by atoms with E-state index >= 15 is 0 Å². The lowest BCUT2D eigenvalue weighted by molar-refractivity contribution is 0.102. The van der Waals surface area contributed by atoms with Crippen molar-refractivity contribution < 1.29 is 9.53 Å². The first-order chi connectivity index (χ1) is 8.84. The highest BCUT2D eigenvalue weighted by atomic mass is 16.5. The quantitative estimate of drug-likeness (QED) is 0.749. The van der Waals surface area contributed by atoms with Crippen LogP contribution in [-0.4, -0.2) is 23.4 Å². The molecule has 1 N–H and O–H groups in total. The van der Waals surface area contributed by atoms with Crippen LogP contribution in [-0.2, 0) is 4.74 Å². The number of carbonyl (C=O) groups excluding carboxylic acids is 1. The zero-order valence-electron chi connectivity index (χ0n) is 9.51. The van der Waals surface area contributed by atoms with Gasteiger partial charge in [-0.2, -0.15) is 0 Å². The summed E-state index contributed by atoms with van der Waals surface area (Å²) in [6, 6.07) is 3.46. The molecule has 2 aliphatic heterocycles. The van der Waals surface area contributed by atoms with E-state index in [4.69, 9.17) is 4.74 Å². The maximum atomic E-state index is 12.4. The number of hydrogen-bond donors (Lipinski definition) is 1. The summed E-state index contributed by atoms with van der Waals surface area (Å²) in [5.41, 5.74) is 2.43. The van der Waals surface area contributed by atoms with Gasteiger partial charge >= 0.3 is 0 Å². The molecule has 4 heteroatoms. The molecular weight excluding hydrogens is 228 g/mol. The van der Waals surface area contributed by atoms with Gasteiger partial charge in [-0.15, -0.1) is 0 Å². The van der Waals surface area contributed by atoms with Crippen LogP contribution in [0.3, 0.4) is 0 Å². The first-order valence-electron chi connectivity index (χ1n) is 5.86. The number of carbonyl (C=O) groups is 1. The van der Waals surface area contributed by atoms with E-state index < -0.39 is 0 Å². The van der Waals surface area contributed by atoms with Crippen molar-refractivity contribution in [1.82, 2.24) is 4.98 Å². The average molecular weight is 238 g/mol. The summed E-state index contributed by atoms with van der Waals surface area (Å²) in [4.78, 5) is 16.6. The molecule has 0 aromatic carbocycles. The number of nitrogens with zero attached hydrogens (tertiary/aromatic N) is 1. The molecule has 0 saturated heterocycles. The molecule has 1 aliphatic carbocycles. The zero-order chi connectivity index (χ0) is 12.1. The molecule has 0 amide bonds. The summed E-state index contributed by atoms with van der Waals surface area (Å²) in [5, 5.41) is 3.31. The SMILES string of the molecule is O=C1C2=CC=C3OCC=C3C2Nc2ncccc21. The molecular formula is C14H10N2O2. The maximum absolute atomic E-state index is 12.4. The Bertz CT molecular complexity index is 656. The van der Waals surface area contributed by atoms with E-state index in [-0.39, 0.29) is 11.8 Å². The highest BCUT2D eigenvalue weighted by Gasteiger charge is 2.37. The minimum absolute atomic E-state index is 0.0463. The van der Waals surface area contributed by atoms with Gasteiger partial charge in [0.1, 0.15) is 18.2 Å². The van der Waals surface area contributed by atoms with Crippen molar-refractivity contribution in [3.63, 3.8) is 0 Å². The molecule has 0 fully saturated rings. The van der Waals surface area contributed by atoms with Crippen LogP contribution in [0.5, 0.6) is 0 Å². The third-order valence-corrected chi connectivity index (χ3v) is 3.46. The lowest BCUT2D eigenvalue weighted by Gasteiger charge is -2.30. The molecule has 4 nitrogen and oxygen atoms in total. The van der Waals surface area contributed by atoms with Gasteiger partial charge in [0.2, 0.25) is 0 Å². The second-order valence-electron chi connectivity index (χ2n) is 4.43. The molecule has 3 aliphatic rings. The predicted molar refractivity (Wildman–Crippen MR) is 66.2 cm³/mol. The summed E-state index contributed by atoms with van der Waals surface area (Å²) in [5.74, 6) is 1.55. The average Bonchev–Trinajstić information content (AvgIpc) is 2.88. The molecule has 4 rings (SSSR count). The lowest BCUT2D eigenvalue weighted by Crippen LogP contribution is -2.35. The highest BCUT2D eigenvalue weighted by molar-refractivity contribution is 6.15. The topological polar surface area (TPSA) is 51.2 Å². The van der Waals surface area contributed by atoms with Crippen LogP contribution < -0.4 is 5.32 Å². The number of Topliss-reactive ketones (excluding diaryl/α,β-unsaturated/α-hetero) is 1. The number of ether oxygens (including phenoxy) is 1. The van der Waals surface area contributed by atoms with E-state index in [0.717, 1.165) is 16.9 Å². The Hall–Kier alpha value is -2.36. The van der Waals surface area contributed by atoms with Crippen molar-refractivity contribution in [3.8, 4) is 0 Å². The summed E-state index contributed by atoms with van der Waals surface area (Å²) >= 11 is 0. The summed E-state index contributed by atoms with van der Waals surface area (Å²) in [7, 11) is 0. The van der Waals surface area contributed by atoms with Gasteiger partial charge in [0.05, 0.1) is 11.6 Å². The van der Waals surface area contributed by atoms with Crippen molar-refractivity contribution in [3.05, 3.63) is 59.0 Å². The Kier molecular flexibility index (Phi) is 1.78. The third-order valence-electron chi connectivity index (χ3n) is 3.46. The van der Waals surface area contributed by atoms with Gasteiger partial charge in [-0.3, -0.25) is 4.79 Å². The van der Waals surface area contributed by atoms with Crippen molar-refractivity contribution >= 4 is 11.6 Å². The van der Waals surface area contributed by atoms with E-state index in [2.05, 4.69) is 10.3 Å². The molecule has 0 bridgehead atoms. The Balaban J connectivity index is 1.90. The largest absolute Gasteiger partial charge is 0.489 e. The smallest absolute Gasteiger partial charge is 0.195 e. The molecule has 18 heavy (non-hydrogen) atoms. The minimum atomic E-state index is -0.123. The number of ketones is 1. The van der Waals surface area contributed by atoms with E-state index in [1.165, 1.54) is 0 Å². The number of aromatic nitrogens is 1. The van der Waals surface area contributed by atoms with E-state index in [9.17, 15) is 4.79 Å². The highest BCUT2D eigenvalue weighted by Crippen LogP contribution is 2.37. The molecule has 88 valence electrons. The summed E-state index contributed by atoms with van der Waals surface area (Å²) in [6.45, 7) is 0.573. The number of nitrogens with one attached hydrogen (secondary N) is 1. The number of fused-ring (bicyclic) bond motifs is 4. The molecule has 1 unspecified atom stereocenters. The van der Waals surface area contributed by atoms with Gasteiger partial charge in [0.15, 0.2) is 5.78 Å². The number of rotatable bonds is 0. The second kappa shape index (κ2) is 3.32. The van der Waals surface area contributed by atoms with Gasteiger partial charge in [-0.1, -0.05) is 0 Å². The fourth-order valence-electron chi connectivity index (χ4n) is 2.60. The minimum Gasteiger partial charge on any atom is -0.489 e. The van der Waals surface area contributed by atoms with Gasteiger partial charge in [0.25, 0.3) is 0 Å². The predicted octanol–water partition coefficient (Wildman–Crippen LogP) is 1.84. The number of anilines is 1. The molecule has 1 aromatic heterocycles. The molecule has 0 spiro atoms. The Morgan fingerprint density at radius 3 is 3.22 bits per heavy atom. The van der Waals surface area contributed by atoms with Crippen LogP contribution in [0.4, 0.5) is 5.82 Å². The molecule has 3 heterocycles. The number of pyridine rings is 1. The maximum Gasteiger partial charge on any atom is 0.195 e. The number of hydrogen-bond acceptors (Lipinski definition) is 4. The number of allylic oxidation sites excluding steroid dienone is 2. The monoisotopic (exact) mass is 238 g/mol. The van der Waals surface area contributed by atoms with Crippen LogP contribution in [0.25, 0.3) is 0 Å². The van der Waals surface area contributed by atoms with Crippen molar-refractivity contribution in [2.75, 3.05) is 11.9 Å². The van der Waals surface area contributed by atoms with Crippen molar-refractivity contribution in [2.45, 2.75) is 6.04 Å². The summed E-state index contributed by atoms with van der Waals surface area (Å²) < 4.78 is 5.48. The first kappa shape index (κ1) is 9.65. The van der Waals surface area contributed by atoms with Gasteiger partial charge in [-0.25, -0.2) is 4.98 Å². The summed E-state index contributed by atoms with van der Waals surface area (Å²) in [6.07, 6.45) is 7.41. The fraction of sp³-hybridized carbons (Fsp3) is 0.143. The Morgan fingerprint density at radius 2 is 2.28 bits per heavy atom. The third kappa shape index (κ3) is 1.14. The zero-order valence-corrected chi connectivity index (χ0v) is 9.51. The van der Waals surface area contributed by atoms with Crippen molar-refractivity contribution in [1.29, 1.82) is 0 Å². The van der Waals surface area contributed by atoms with Crippen LogP contribution in [0.2, 0.25) is 0 Å². The van der Waals surface area contributed by atoms with Gasteiger partial charge in [0, 0.05) is 17.3 Å². The fourth-order valence-corrected chi connectivity index (χ4v) is 2.60. The van der Waals surface area contributed by atoms with E-state index in [1.54, 1.807) is 18.3 Å². The Labute approximate surface area is 104 Å². The van der Waals surface area contributed by atoms with Crippen LogP contribution in [0.1, 0.15) is 10.4 Å². The normalized spacial score (nSPS) is 23.7. The van der Waals surface area contributed by atoms with Crippen LogP contribution in [0.15, 0.2) is 53.5 Å². The second-order valence-corrected chi connectivity index (χ2v) is 4.43. The Morgan fingerprint density at radius 1 is 1.33 bits per heavy atom. The standard InChI is InChI=1S/C14H10N2O2/c17-13-9-3-4-11-8(5-7-18-11)12(9)16-14-10(13)2-1-6-15-14/h1-6,12H,7H2,(H,15,16). The van der Waals surface area contributed by atoms with E-state index in [0.29, 0.717) is 18.0 Å². The molecule has 1 aromatic rings.